The van der Waals surface area contributed by atoms with E-state index in [1.807, 2.05) is 12.1 Å². The third-order valence-corrected chi connectivity index (χ3v) is 2.86. The van der Waals surface area contributed by atoms with Crippen molar-refractivity contribution in [2.75, 3.05) is 0 Å². The maximum absolute atomic E-state index is 10.7. The van der Waals surface area contributed by atoms with E-state index in [4.69, 9.17) is 33.4 Å². The number of aryl methyl sites for hydroxylation is 1. The fraction of sp³-hybridized carbons (Fsp3) is 0.154. The van der Waals surface area contributed by atoms with Crippen molar-refractivity contribution in [2.24, 2.45) is 5.73 Å². The van der Waals surface area contributed by atoms with Crippen LogP contribution in [0.5, 0.6) is 0 Å². The van der Waals surface area contributed by atoms with Crippen LogP contribution in [0.15, 0.2) is 34.7 Å². The molecule has 0 atom stereocenters. The molecule has 18 heavy (non-hydrogen) atoms. The first-order valence-corrected chi connectivity index (χ1v) is 6.13. The van der Waals surface area contributed by atoms with Gasteiger partial charge in [-0.3, -0.25) is 4.79 Å². The Balaban J connectivity index is 2.21. The molecule has 0 saturated heterocycles. The molecule has 1 aromatic carbocycles. The van der Waals surface area contributed by atoms with Crippen LogP contribution in [0.3, 0.4) is 0 Å². The Morgan fingerprint density at radius 2 is 1.83 bits per heavy atom. The number of rotatable bonds is 4. The minimum Gasteiger partial charge on any atom is -0.461 e. The largest absolute Gasteiger partial charge is 0.461 e. The summed E-state index contributed by atoms with van der Waals surface area (Å²) in [5.74, 6) is 1.03. The van der Waals surface area contributed by atoms with E-state index >= 15 is 0 Å². The highest BCUT2D eigenvalue weighted by molar-refractivity contribution is 6.35. The van der Waals surface area contributed by atoms with E-state index in [0.29, 0.717) is 28.0 Å². The standard InChI is InChI=1S/C13H11Cl2NO2/c14-9-5-8(6-10(15)7-9)12-3-1-11(18-12)2-4-13(16)17/h1,3,5-7H,2,4H2,(H2,16,17). The molecule has 2 aromatic rings. The second-order valence-electron chi connectivity index (χ2n) is 3.89. The Labute approximate surface area is 114 Å². The molecule has 0 bridgehead atoms. The summed E-state index contributed by atoms with van der Waals surface area (Å²) >= 11 is 11.8. The highest BCUT2D eigenvalue weighted by Gasteiger charge is 2.07. The number of hydrogen-bond donors (Lipinski definition) is 1. The predicted octanol–water partition coefficient (Wildman–Crippen LogP) is 3.67. The van der Waals surface area contributed by atoms with Gasteiger partial charge in [-0.15, -0.1) is 0 Å². The average molecular weight is 284 g/mol. The van der Waals surface area contributed by atoms with Gasteiger partial charge < -0.3 is 10.2 Å². The van der Waals surface area contributed by atoms with E-state index in [9.17, 15) is 4.79 Å². The molecule has 0 fully saturated rings. The summed E-state index contributed by atoms with van der Waals surface area (Å²) in [5.41, 5.74) is 5.89. The van der Waals surface area contributed by atoms with Gasteiger partial charge in [0.25, 0.3) is 0 Å². The number of nitrogens with two attached hydrogens (primary N) is 1. The quantitative estimate of drug-likeness (QED) is 0.931. The van der Waals surface area contributed by atoms with Gasteiger partial charge >= 0.3 is 0 Å². The first kappa shape index (κ1) is 13.0. The molecule has 0 aliphatic carbocycles. The van der Waals surface area contributed by atoms with Gasteiger partial charge in [0.1, 0.15) is 11.5 Å². The van der Waals surface area contributed by atoms with Gasteiger partial charge in [-0.1, -0.05) is 23.2 Å². The molecule has 1 amide bonds. The van der Waals surface area contributed by atoms with Crippen LogP contribution in [0.25, 0.3) is 11.3 Å². The highest BCUT2D eigenvalue weighted by Crippen LogP contribution is 2.28. The molecule has 2 rings (SSSR count). The zero-order valence-corrected chi connectivity index (χ0v) is 11.0. The van der Waals surface area contributed by atoms with Gasteiger partial charge in [0.2, 0.25) is 5.91 Å². The molecule has 0 aliphatic rings. The number of hydrogen-bond acceptors (Lipinski definition) is 2. The molecule has 1 aromatic heterocycles. The van der Waals surface area contributed by atoms with Crippen LogP contribution in [-0.4, -0.2) is 5.91 Å². The molecule has 0 spiro atoms. The lowest BCUT2D eigenvalue weighted by Crippen LogP contribution is -2.10. The molecular formula is C13H11Cl2NO2. The number of halogens is 2. The minimum atomic E-state index is -0.348. The van der Waals surface area contributed by atoms with Crippen molar-refractivity contribution in [3.8, 4) is 11.3 Å². The molecule has 0 radical (unpaired) electrons. The Morgan fingerprint density at radius 3 is 2.44 bits per heavy atom. The van der Waals surface area contributed by atoms with Crippen LogP contribution >= 0.6 is 23.2 Å². The zero-order valence-electron chi connectivity index (χ0n) is 9.45. The van der Waals surface area contributed by atoms with Crippen molar-refractivity contribution >= 4 is 29.1 Å². The summed E-state index contributed by atoms with van der Waals surface area (Å²) in [6, 6.07) is 8.82. The van der Waals surface area contributed by atoms with Crippen LogP contribution in [0.4, 0.5) is 0 Å². The molecular weight excluding hydrogens is 273 g/mol. The average Bonchev–Trinajstić information content (AvgIpc) is 2.73. The van der Waals surface area contributed by atoms with Gasteiger partial charge in [-0.2, -0.15) is 0 Å². The van der Waals surface area contributed by atoms with Crippen LogP contribution < -0.4 is 5.73 Å². The third kappa shape index (κ3) is 3.28. The number of benzene rings is 1. The fourth-order valence-corrected chi connectivity index (χ4v) is 2.14. The van der Waals surface area contributed by atoms with E-state index in [-0.39, 0.29) is 12.3 Å². The van der Waals surface area contributed by atoms with Crippen molar-refractivity contribution in [3.05, 3.63) is 46.1 Å². The van der Waals surface area contributed by atoms with Crippen molar-refractivity contribution < 1.29 is 9.21 Å². The first-order valence-electron chi connectivity index (χ1n) is 5.38. The minimum absolute atomic E-state index is 0.267. The van der Waals surface area contributed by atoms with Gasteiger partial charge in [0.15, 0.2) is 0 Å². The highest BCUT2D eigenvalue weighted by atomic mass is 35.5. The van der Waals surface area contributed by atoms with E-state index in [1.54, 1.807) is 18.2 Å². The van der Waals surface area contributed by atoms with Crippen molar-refractivity contribution in [1.82, 2.24) is 0 Å². The number of amides is 1. The van der Waals surface area contributed by atoms with Crippen molar-refractivity contribution in [3.63, 3.8) is 0 Å². The lowest BCUT2D eigenvalue weighted by atomic mass is 10.2. The van der Waals surface area contributed by atoms with E-state index < -0.39 is 0 Å². The summed E-state index contributed by atoms with van der Waals surface area (Å²) in [7, 11) is 0. The van der Waals surface area contributed by atoms with Crippen molar-refractivity contribution in [1.29, 1.82) is 0 Å². The van der Waals surface area contributed by atoms with Gasteiger partial charge in [-0.25, -0.2) is 0 Å². The number of carbonyl (C=O) groups is 1. The molecule has 0 saturated carbocycles. The van der Waals surface area contributed by atoms with Gasteiger partial charge in [-0.05, 0) is 30.3 Å². The number of furan rings is 1. The summed E-state index contributed by atoms with van der Waals surface area (Å²) < 4.78 is 5.61. The van der Waals surface area contributed by atoms with E-state index in [0.717, 1.165) is 5.56 Å². The lowest BCUT2D eigenvalue weighted by molar-refractivity contribution is -0.118. The third-order valence-electron chi connectivity index (χ3n) is 2.43. The Kier molecular flexibility index (Phi) is 3.94. The van der Waals surface area contributed by atoms with Crippen LogP contribution in [0, 0.1) is 0 Å². The zero-order chi connectivity index (χ0) is 13.1. The summed E-state index contributed by atoms with van der Waals surface area (Å²) in [5, 5.41) is 1.10. The maximum Gasteiger partial charge on any atom is 0.217 e. The summed E-state index contributed by atoms with van der Waals surface area (Å²) in [6.45, 7) is 0. The second kappa shape index (κ2) is 5.46. The lowest BCUT2D eigenvalue weighted by Gasteiger charge is -2.00. The Hall–Kier alpha value is -1.45. The summed E-state index contributed by atoms with van der Waals surface area (Å²) in [6.07, 6.45) is 0.757. The maximum atomic E-state index is 10.7. The Morgan fingerprint density at radius 1 is 1.17 bits per heavy atom. The smallest absolute Gasteiger partial charge is 0.217 e. The normalized spacial score (nSPS) is 10.6. The Bertz CT molecular complexity index is 558. The summed E-state index contributed by atoms with van der Waals surface area (Å²) in [4.78, 5) is 10.7. The first-order chi connectivity index (χ1) is 8.54. The SMILES string of the molecule is NC(=O)CCc1ccc(-c2cc(Cl)cc(Cl)c2)o1. The van der Waals surface area contributed by atoms with E-state index in [1.165, 1.54) is 0 Å². The number of primary amides is 1. The predicted molar refractivity (Wildman–Crippen MR) is 71.7 cm³/mol. The molecule has 1 heterocycles. The van der Waals surface area contributed by atoms with Gasteiger partial charge in [0.05, 0.1) is 0 Å². The fourth-order valence-electron chi connectivity index (χ4n) is 1.61. The molecule has 94 valence electrons. The van der Waals surface area contributed by atoms with E-state index in [2.05, 4.69) is 0 Å². The monoisotopic (exact) mass is 283 g/mol. The molecule has 0 unspecified atom stereocenters. The molecule has 3 nitrogen and oxygen atoms in total. The van der Waals surface area contributed by atoms with Crippen LogP contribution in [0.2, 0.25) is 10.0 Å². The molecule has 0 aliphatic heterocycles. The van der Waals surface area contributed by atoms with Crippen molar-refractivity contribution in [2.45, 2.75) is 12.8 Å². The van der Waals surface area contributed by atoms with Gasteiger partial charge in [0, 0.05) is 28.5 Å². The second-order valence-corrected chi connectivity index (χ2v) is 4.76. The van der Waals surface area contributed by atoms with Crippen LogP contribution in [-0.2, 0) is 11.2 Å². The van der Waals surface area contributed by atoms with Crippen LogP contribution in [0.1, 0.15) is 12.2 Å². The molecule has 2 N–H and O–H groups in total. The topological polar surface area (TPSA) is 56.2 Å². The number of carbonyl (C=O) groups excluding carboxylic acids is 1. The molecule has 5 heteroatoms.